The molecule has 2 rings (SSSR count). The fraction of sp³-hybridized carbons (Fsp3) is 0.636. The summed E-state index contributed by atoms with van der Waals surface area (Å²) in [4.78, 5) is 25.0. The number of hydrogen-bond acceptors (Lipinski definition) is 6. The van der Waals surface area contributed by atoms with Gasteiger partial charge in [0.2, 0.25) is 5.91 Å². The number of amides is 2. The first-order valence-corrected chi connectivity index (χ1v) is 12.5. The summed E-state index contributed by atoms with van der Waals surface area (Å²) in [5.41, 5.74) is -0.0507. The van der Waals surface area contributed by atoms with Crippen molar-refractivity contribution in [2.24, 2.45) is 5.92 Å². The molecule has 2 amide bonds. The standard InChI is InChI=1S/C22H34N2O6S/c1-22(2,3)30-21(27)24-19(15-31(28,29)14-17-7-5-4-6-8-17)20(26)23-13-16-9-11-18(25)12-10-16/h9-12,17,19,25H,4-8,13-15H2,1-3H3,(H,23,26)(H,24,27)/t19-/m0/s1. The van der Waals surface area contributed by atoms with Crippen LogP contribution in [0.2, 0.25) is 0 Å². The predicted molar refractivity (Wildman–Crippen MR) is 118 cm³/mol. The molecule has 0 spiro atoms. The molecular weight excluding hydrogens is 420 g/mol. The first kappa shape index (κ1) is 25.0. The number of sulfone groups is 1. The van der Waals surface area contributed by atoms with E-state index in [0.29, 0.717) is 0 Å². The molecule has 0 saturated heterocycles. The van der Waals surface area contributed by atoms with Crippen molar-refractivity contribution < 1.29 is 27.9 Å². The van der Waals surface area contributed by atoms with Gasteiger partial charge in [-0.15, -0.1) is 0 Å². The molecule has 0 aliphatic heterocycles. The highest BCUT2D eigenvalue weighted by molar-refractivity contribution is 7.91. The number of benzene rings is 1. The largest absolute Gasteiger partial charge is 0.508 e. The van der Waals surface area contributed by atoms with E-state index in [0.717, 1.165) is 37.7 Å². The Kier molecular flexibility index (Phi) is 8.73. The average Bonchev–Trinajstić information content (AvgIpc) is 2.65. The van der Waals surface area contributed by atoms with Crippen molar-refractivity contribution in [2.75, 3.05) is 11.5 Å². The highest BCUT2D eigenvalue weighted by Gasteiger charge is 2.31. The van der Waals surface area contributed by atoms with Crippen LogP contribution in [0.15, 0.2) is 24.3 Å². The first-order valence-electron chi connectivity index (χ1n) is 10.7. The third-order valence-electron chi connectivity index (χ3n) is 5.05. The van der Waals surface area contributed by atoms with Crippen molar-refractivity contribution in [2.45, 2.75) is 71.1 Å². The van der Waals surface area contributed by atoms with Crippen molar-refractivity contribution in [3.05, 3.63) is 29.8 Å². The van der Waals surface area contributed by atoms with Crippen LogP contribution in [0.3, 0.4) is 0 Å². The highest BCUT2D eigenvalue weighted by Crippen LogP contribution is 2.25. The van der Waals surface area contributed by atoms with Gasteiger partial charge < -0.3 is 20.5 Å². The lowest BCUT2D eigenvalue weighted by atomic mass is 9.91. The van der Waals surface area contributed by atoms with Crippen LogP contribution in [0.4, 0.5) is 4.79 Å². The number of phenolic OH excluding ortho intramolecular Hbond substituents is 1. The number of hydrogen-bond donors (Lipinski definition) is 3. The van der Waals surface area contributed by atoms with Crippen LogP contribution >= 0.6 is 0 Å². The Bertz CT molecular complexity index is 840. The van der Waals surface area contributed by atoms with Gasteiger partial charge in [-0.2, -0.15) is 0 Å². The fourth-order valence-electron chi connectivity index (χ4n) is 3.59. The molecule has 1 aliphatic rings. The molecular formula is C22H34N2O6S. The van der Waals surface area contributed by atoms with Crippen LogP contribution in [0, 0.1) is 5.92 Å². The minimum absolute atomic E-state index is 0.0186. The Balaban J connectivity index is 2.05. The second-order valence-corrected chi connectivity index (χ2v) is 11.3. The number of nitrogens with one attached hydrogen (secondary N) is 2. The van der Waals surface area contributed by atoms with E-state index in [1.165, 1.54) is 12.1 Å². The van der Waals surface area contributed by atoms with Crippen LogP contribution in [0.1, 0.15) is 58.4 Å². The van der Waals surface area contributed by atoms with Gasteiger partial charge in [0.05, 0.1) is 11.5 Å². The molecule has 1 saturated carbocycles. The Labute approximate surface area is 184 Å². The Morgan fingerprint density at radius 3 is 2.32 bits per heavy atom. The van der Waals surface area contributed by atoms with Gasteiger partial charge in [-0.25, -0.2) is 13.2 Å². The number of phenols is 1. The lowest BCUT2D eigenvalue weighted by Crippen LogP contribution is -2.51. The maximum Gasteiger partial charge on any atom is 0.408 e. The minimum atomic E-state index is -3.57. The minimum Gasteiger partial charge on any atom is -0.508 e. The molecule has 0 unspecified atom stereocenters. The van der Waals surface area contributed by atoms with Crippen molar-refractivity contribution in [3.63, 3.8) is 0 Å². The zero-order valence-electron chi connectivity index (χ0n) is 18.5. The van der Waals surface area contributed by atoms with Gasteiger partial charge in [0, 0.05) is 6.54 Å². The molecule has 9 heteroatoms. The normalized spacial score (nSPS) is 16.4. The SMILES string of the molecule is CC(C)(C)OC(=O)N[C@@H](CS(=O)(=O)CC1CCCCC1)C(=O)NCc1ccc(O)cc1. The quantitative estimate of drug-likeness (QED) is 0.555. The van der Waals surface area contributed by atoms with E-state index in [2.05, 4.69) is 10.6 Å². The lowest BCUT2D eigenvalue weighted by Gasteiger charge is -2.25. The molecule has 0 radical (unpaired) electrons. The smallest absolute Gasteiger partial charge is 0.408 e. The maximum atomic E-state index is 12.8. The summed E-state index contributed by atoms with van der Waals surface area (Å²) in [5, 5.41) is 14.4. The van der Waals surface area contributed by atoms with E-state index in [1.54, 1.807) is 32.9 Å². The summed E-state index contributed by atoms with van der Waals surface area (Å²) in [5.74, 6) is -0.866. The monoisotopic (exact) mass is 454 g/mol. The van der Waals surface area contributed by atoms with Gasteiger partial charge in [-0.3, -0.25) is 4.79 Å². The number of ether oxygens (including phenoxy) is 1. The van der Waals surface area contributed by atoms with Gasteiger partial charge >= 0.3 is 6.09 Å². The molecule has 1 aromatic carbocycles. The summed E-state index contributed by atoms with van der Waals surface area (Å²) in [6, 6.07) is 5.01. The second kappa shape index (κ2) is 10.8. The van der Waals surface area contributed by atoms with E-state index in [-0.39, 0.29) is 24.0 Å². The van der Waals surface area contributed by atoms with E-state index in [4.69, 9.17) is 4.74 Å². The molecule has 1 aromatic rings. The third-order valence-corrected chi connectivity index (χ3v) is 6.87. The zero-order chi connectivity index (χ0) is 23.1. The maximum absolute atomic E-state index is 12.8. The average molecular weight is 455 g/mol. The number of aromatic hydroxyl groups is 1. The van der Waals surface area contributed by atoms with Gasteiger partial charge in [0.1, 0.15) is 17.4 Å². The van der Waals surface area contributed by atoms with E-state index < -0.39 is 39.2 Å². The molecule has 1 fully saturated rings. The summed E-state index contributed by atoms with van der Waals surface area (Å²) < 4.78 is 30.8. The molecule has 174 valence electrons. The van der Waals surface area contributed by atoms with Gasteiger partial charge in [-0.05, 0) is 57.2 Å². The van der Waals surface area contributed by atoms with Crippen LogP contribution in [-0.4, -0.2) is 48.7 Å². The van der Waals surface area contributed by atoms with E-state index >= 15 is 0 Å². The topological polar surface area (TPSA) is 122 Å². The molecule has 0 heterocycles. The number of carbonyl (C=O) groups is 2. The summed E-state index contributed by atoms with van der Waals surface area (Å²) >= 11 is 0. The third kappa shape index (κ3) is 9.59. The molecule has 1 aliphatic carbocycles. The molecule has 0 aromatic heterocycles. The second-order valence-electron chi connectivity index (χ2n) is 9.16. The van der Waals surface area contributed by atoms with Gasteiger partial charge in [0.15, 0.2) is 9.84 Å². The van der Waals surface area contributed by atoms with Gasteiger partial charge in [0.25, 0.3) is 0 Å². The molecule has 1 atom stereocenters. The van der Waals surface area contributed by atoms with Crippen LogP contribution in [0.25, 0.3) is 0 Å². The molecule has 8 nitrogen and oxygen atoms in total. The highest BCUT2D eigenvalue weighted by atomic mass is 32.2. The van der Waals surface area contributed by atoms with Crippen LogP contribution < -0.4 is 10.6 Å². The van der Waals surface area contributed by atoms with Crippen molar-refractivity contribution in [1.82, 2.24) is 10.6 Å². The van der Waals surface area contributed by atoms with Crippen LogP contribution in [-0.2, 0) is 25.9 Å². The van der Waals surface area contributed by atoms with Crippen LogP contribution in [0.5, 0.6) is 5.75 Å². The summed E-state index contributed by atoms with van der Waals surface area (Å²) in [6.07, 6.45) is 4.07. The van der Waals surface area contributed by atoms with Crippen molar-refractivity contribution in [3.8, 4) is 5.75 Å². The zero-order valence-corrected chi connectivity index (χ0v) is 19.3. The van der Waals surface area contributed by atoms with Crippen molar-refractivity contribution >= 4 is 21.8 Å². The summed E-state index contributed by atoms with van der Waals surface area (Å²) in [7, 11) is -3.57. The Morgan fingerprint density at radius 1 is 1.13 bits per heavy atom. The number of carbonyl (C=O) groups excluding carboxylic acids is 2. The van der Waals surface area contributed by atoms with Gasteiger partial charge in [-0.1, -0.05) is 31.4 Å². The van der Waals surface area contributed by atoms with E-state index in [1.807, 2.05) is 0 Å². The molecule has 0 bridgehead atoms. The number of alkyl carbamates (subject to hydrolysis) is 1. The lowest BCUT2D eigenvalue weighted by molar-refractivity contribution is -0.122. The number of rotatable bonds is 8. The Morgan fingerprint density at radius 2 is 1.74 bits per heavy atom. The van der Waals surface area contributed by atoms with Crippen molar-refractivity contribution in [1.29, 1.82) is 0 Å². The molecule has 31 heavy (non-hydrogen) atoms. The fourth-order valence-corrected chi connectivity index (χ4v) is 5.52. The summed E-state index contributed by atoms with van der Waals surface area (Å²) in [6.45, 7) is 5.19. The predicted octanol–water partition coefficient (Wildman–Crippen LogP) is 2.90. The van der Waals surface area contributed by atoms with E-state index in [9.17, 15) is 23.1 Å². The Hall–Kier alpha value is -2.29. The first-order chi connectivity index (χ1) is 14.4. The molecule has 3 N–H and O–H groups in total.